The number of hydrogen-bond acceptors (Lipinski definition) is 4. The van der Waals surface area contributed by atoms with E-state index in [1.807, 2.05) is 0 Å². The third-order valence-electron chi connectivity index (χ3n) is 2.25. The molecule has 1 rings (SSSR count). The number of halogens is 1. The molecule has 0 unspecified atom stereocenters. The van der Waals surface area contributed by atoms with Crippen molar-refractivity contribution in [2.45, 2.75) is 6.42 Å². The minimum Gasteiger partial charge on any atom is -0.495 e. The van der Waals surface area contributed by atoms with Crippen molar-refractivity contribution in [3.8, 4) is 5.75 Å². The van der Waals surface area contributed by atoms with E-state index in [0.717, 1.165) is 0 Å². The van der Waals surface area contributed by atoms with Crippen LogP contribution < -0.4 is 21.1 Å². The van der Waals surface area contributed by atoms with Gasteiger partial charge in [0.05, 0.1) is 12.8 Å². The third-order valence-corrected chi connectivity index (χ3v) is 2.49. The summed E-state index contributed by atoms with van der Waals surface area (Å²) in [5.41, 5.74) is 6.29. The smallest absolute Gasteiger partial charge is 0.239 e. The van der Waals surface area contributed by atoms with Crippen LogP contribution >= 0.6 is 11.6 Å². The average molecular weight is 286 g/mol. The Balaban J connectivity index is 2.89. The minimum atomic E-state index is -0.328. The molecule has 0 aliphatic rings. The number of hydrogen-bond donors (Lipinski definition) is 3. The quantitative estimate of drug-likeness (QED) is 0.684. The predicted octanol–water partition coefficient (Wildman–Crippen LogP) is 1.16. The van der Waals surface area contributed by atoms with Gasteiger partial charge in [0.2, 0.25) is 11.8 Å². The summed E-state index contributed by atoms with van der Waals surface area (Å²) in [7, 11) is 1.49. The van der Waals surface area contributed by atoms with Gasteiger partial charge in [-0.3, -0.25) is 9.59 Å². The van der Waals surface area contributed by atoms with E-state index in [4.69, 9.17) is 22.1 Å². The number of rotatable bonds is 6. The van der Waals surface area contributed by atoms with E-state index in [1.54, 1.807) is 18.2 Å². The van der Waals surface area contributed by atoms with Crippen LogP contribution in [0.1, 0.15) is 6.42 Å². The Morgan fingerprint density at radius 1 is 1.32 bits per heavy atom. The standard InChI is InChI=1S/C12H16ClN3O3/c1-19-10-3-2-8(15-12(18)7-13)6-9(10)16-11(17)4-5-14/h2-3,6H,4-5,7,14H2,1H3,(H,15,18)(H,16,17). The summed E-state index contributed by atoms with van der Waals surface area (Å²) >= 11 is 5.41. The van der Waals surface area contributed by atoms with Crippen LogP contribution in [-0.2, 0) is 9.59 Å². The number of anilines is 2. The monoisotopic (exact) mass is 285 g/mol. The van der Waals surface area contributed by atoms with Gasteiger partial charge in [0, 0.05) is 18.7 Å². The fourth-order valence-electron chi connectivity index (χ4n) is 1.42. The van der Waals surface area contributed by atoms with Crippen LogP contribution in [0.2, 0.25) is 0 Å². The zero-order chi connectivity index (χ0) is 14.3. The highest BCUT2D eigenvalue weighted by Crippen LogP contribution is 2.27. The zero-order valence-electron chi connectivity index (χ0n) is 10.5. The fraction of sp³-hybridized carbons (Fsp3) is 0.333. The molecular formula is C12H16ClN3O3. The summed E-state index contributed by atoms with van der Waals surface area (Å²) < 4.78 is 5.13. The minimum absolute atomic E-state index is 0.138. The Morgan fingerprint density at radius 3 is 2.63 bits per heavy atom. The van der Waals surface area contributed by atoms with Crippen molar-refractivity contribution >= 4 is 34.8 Å². The van der Waals surface area contributed by atoms with E-state index >= 15 is 0 Å². The van der Waals surface area contributed by atoms with E-state index in [2.05, 4.69) is 10.6 Å². The number of amides is 2. The van der Waals surface area contributed by atoms with Crippen LogP contribution in [0.25, 0.3) is 0 Å². The Kier molecular flexibility index (Phi) is 6.11. The summed E-state index contributed by atoms with van der Waals surface area (Å²) in [5.74, 6) is -0.192. The summed E-state index contributed by atoms with van der Waals surface area (Å²) in [6, 6.07) is 4.89. The molecule has 0 bridgehead atoms. The second kappa shape index (κ2) is 7.60. The lowest BCUT2D eigenvalue weighted by Crippen LogP contribution is -2.17. The average Bonchev–Trinajstić information content (AvgIpc) is 2.39. The third kappa shape index (κ3) is 4.76. The fourth-order valence-corrected chi connectivity index (χ4v) is 1.49. The van der Waals surface area contributed by atoms with Crippen molar-refractivity contribution in [1.29, 1.82) is 0 Å². The lowest BCUT2D eigenvalue weighted by molar-refractivity contribution is -0.116. The highest BCUT2D eigenvalue weighted by molar-refractivity contribution is 6.29. The van der Waals surface area contributed by atoms with Crippen molar-refractivity contribution in [3.63, 3.8) is 0 Å². The van der Waals surface area contributed by atoms with Gasteiger partial charge in [-0.15, -0.1) is 11.6 Å². The molecule has 7 heteroatoms. The second-order valence-corrected chi connectivity index (χ2v) is 3.95. The Bertz CT molecular complexity index is 466. The van der Waals surface area contributed by atoms with Crippen molar-refractivity contribution in [3.05, 3.63) is 18.2 Å². The maximum Gasteiger partial charge on any atom is 0.239 e. The summed E-state index contributed by atoms with van der Waals surface area (Å²) in [6.07, 6.45) is 0.210. The molecule has 0 atom stereocenters. The number of carbonyl (C=O) groups is 2. The van der Waals surface area contributed by atoms with Crippen LogP contribution in [0.15, 0.2) is 18.2 Å². The molecule has 1 aromatic carbocycles. The normalized spacial score (nSPS) is 9.84. The molecular weight excluding hydrogens is 270 g/mol. The maximum atomic E-state index is 11.5. The van der Waals surface area contributed by atoms with E-state index in [0.29, 0.717) is 17.1 Å². The van der Waals surface area contributed by atoms with Gasteiger partial charge in [0.15, 0.2) is 0 Å². The van der Waals surface area contributed by atoms with Gasteiger partial charge in [-0.2, -0.15) is 0 Å². The van der Waals surface area contributed by atoms with Crippen LogP contribution in [0.4, 0.5) is 11.4 Å². The molecule has 0 heterocycles. The Hall–Kier alpha value is -1.79. The van der Waals surface area contributed by atoms with Crippen LogP contribution in [0, 0.1) is 0 Å². The predicted molar refractivity (Wildman–Crippen MR) is 74.6 cm³/mol. The van der Waals surface area contributed by atoms with Gasteiger partial charge < -0.3 is 21.1 Å². The largest absolute Gasteiger partial charge is 0.495 e. The Labute approximate surface area is 116 Å². The first-order valence-electron chi connectivity index (χ1n) is 5.64. The van der Waals surface area contributed by atoms with E-state index < -0.39 is 0 Å². The van der Waals surface area contributed by atoms with Gasteiger partial charge in [0.1, 0.15) is 11.6 Å². The molecule has 0 fully saturated rings. The molecule has 1 aromatic rings. The molecule has 4 N–H and O–H groups in total. The number of alkyl halides is 1. The Morgan fingerprint density at radius 2 is 2.05 bits per heavy atom. The first-order valence-corrected chi connectivity index (χ1v) is 6.18. The molecule has 0 spiro atoms. The van der Waals surface area contributed by atoms with Gasteiger partial charge >= 0.3 is 0 Å². The number of methoxy groups -OCH3 is 1. The van der Waals surface area contributed by atoms with Crippen molar-refractivity contribution in [1.82, 2.24) is 0 Å². The van der Waals surface area contributed by atoms with Gasteiger partial charge in [-0.1, -0.05) is 0 Å². The highest BCUT2D eigenvalue weighted by atomic mass is 35.5. The summed E-state index contributed by atoms with van der Waals surface area (Å²) in [4.78, 5) is 22.7. The lowest BCUT2D eigenvalue weighted by atomic mass is 10.2. The molecule has 0 radical (unpaired) electrons. The van der Waals surface area contributed by atoms with Crippen molar-refractivity contribution in [2.75, 3.05) is 30.2 Å². The first kappa shape index (κ1) is 15.3. The SMILES string of the molecule is COc1ccc(NC(=O)CCl)cc1NC(=O)CCN. The van der Waals surface area contributed by atoms with Crippen LogP contribution in [0.5, 0.6) is 5.75 Å². The second-order valence-electron chi connectivity index (χ2n) is 3.68. The molecule has 6 nitrogen and oxygen atoms in total. The topological polar surface area (TPSA) is 93.5 Å². The van der Waals surface area contributed by atoms with Crippen molar-refractivity contribution < 1.29 is 14.3 Å². The molecule has 0 aromatic heterocycles. The van der Waals surface area contributed by atoms with Crippen LogP contribution in [-0.4, -0.2) is 31.3 Å². The highest BCUT2D eigenvalue weighted by Gasteiger charge is 2.09. The lowest BCUT2D eigenvalue weighted by Gasteiger charge is -2.12. The maximum absolute atomic E-state index is 11.5. The number of ether oxygens (including phenoxy) is 1. The molecule has 0 aliphatic heterocycles. The van der Waals surface area contributed by atoms with Gasteiger partial charge in [-0.05, 0) is 18.2 Å². The molecule has 0 saturated carbocycles. The molecule has 104 valence electrons. The number of nitrogens with one attached hydrogen (secondary N) is 2. The van der Waals surface area contributed by atoms with Crippen LogP contribution in [0.3, 0.4) is 0 Å². The van der Waals surface area contributed by atoms with Gasteiger partial charge in [-0.25, -0.2) is 0 Å². The van der Waals surface area contributed by atoms with E-state index in [9.17, 15) is 9.59 Å². The number of carbonyl (C=O) groups excluding carboxylic acids is 2. The summed E-state index contributed by atoms with van der Waals surface area (Å²) in [6.45, 7) is 0.261. The molecule has 2 amide bonds. The molecule has 0 aliphatic carbocycles. The zero-order valence-corrected chi connectivity index (χ0v) is 11.3. The molecule has 0 saturated heterocycles. The first-order chi connectivity index (χ1) is 9.10. The van der Waals surface area contributed by atoms with Crippen molar-refractivity contribution in [2.24, 2.45) is 5.73 Å². The number of benzene rings is 1. The van der Waals surface area contributed by atoms with Gasteiger partial charge in [0.25, 0.3) is 0 Å². The van der Waals surface area contributed by atoms with E-state index in [1.165, 1.54) is 7.11 Å². The molecule has 19 heavy (non-hydrogen) atoms. The number of nitrogens with two attached hydrogens (primary N) is 1. The van der Waals surface area contributed by atoms with E-state index in [-0.39, 0.29) is 30.7 Å². The summed E-state index contributed by atoms with van der Waals surface area (Å²) in [5, 5.41) is 5.25.